The second-order valence-corrected chi connectivity index (χ2v) is 6.26. The second kappa shape index (κ2) is 9.82. The van der Waals surface area contributed by atoms with Crippen molar-refractivity contribution in [1.82, 2.24) is 4.90 Å². The number of unbranched alkanes of at least 4 members (excludes halogenated alkanes) is 1. The summed E-state index contributed by atoms with van der Waals surface area (Å²) in [4.78, 5) is 14.2. The summed E-state index contributed by atoms with van der Waals surface area (Å²) in [5.74, 6) is 1.19. The molecule has 0 N–H and O–H groups in total. The molecule has 0 unspecified atom stereocenters. The summed E-state index contributed by atoms with van der Waals surface area (Å²) in [5, 5.41) is 0.895. The van der Waals surface area contributed by atoms with Gasteiger partial charge < -0.3 is 4.90 Å². The molecule has 1 aliphatic rings. The van der Waals surface area contributed by atoms with Crippen LogP contribution in [0.2, 0.25) is 0 Å². The lowest BCUT2D eigenvalue weighted by molar-refractivity contribution is -0.131. The van der Waals surface area contributed by atoms with Gasteiger partial charge in [0.15, 0.2) is 0 Å². The Morgan fingerprint density at radius 3 is 2.56 bits per heavy atom. The normalized spacial score (nSPS) is 16.8. The zero-order chi connectivity index (χ0) is 13.2. The number of halogens is 1. The zero-order valence-corrected chi connectivity index (χ0v) is 13.4. The van der Waals surface area contributed by atoms with Gasteiger partial charge in [-0.25, -0.2) is 0 Å². The first-order valence-corrected chi connectivity index (χ1v) is 8.73. The molecule has 1 rings (SSSR count). The summed E-state index contributed by atoms with van der Waals surface area (Å²) in [6, 6.07) is 0. The SMILES string of the molecule is CCCCN(CCBr)C(=O)CCC1CCCCC1. The van der Waals surface area contributed by atoms with Crippen molar-refractivity contribution < 1.29 is 4.79 Å². The van der Waals surface area contributed by atoms with E-state index in [1.54, 1.807) is 0 Å². The van der Waals surface area contributed by atoms with E-state index in [2.05, 4.69) is 22.9 Å². The highest BCUT2D eigenvalue weighted by Crippen LogP contribution is 2.27. The highest BCUT2D eigenvalue weighted by molar-refractivity contribution is 9.09. The molecule has 1 saturated carbocycles. The third-order valence-corrected chi connectivity index (χ3v) is 4.33. The maximum absolute atomic E-state index is 12.2. The Morgan fingerprint density at radius 1 is 1.22 bits per heavy atom. The number of rotatable bonds is 8. The van der Waals surface area contributed by atoms with Crippen LogP contribution in [0.3, 0.4) is 0 Å². The summed E-state index contributed by atoms with van der Waals surface area (Å²) in [5.41, 5.74) is 0. The van der Waals surface area contributed by atoms with Crippen LogP contribution in [-0.2, 0) is 4.79 Å². The molecule has 0 saturated heterocycles. The fraction of sp³-hybridized carbons (Fsp3) is 0.933. The number of nitrogens with zero attached hydrogens (tertiary/aromatic N) is 1. The van der Waals surface area contributed by atoms with Crippen molar-refractivity contribution >= 4 is 21.8 Å². The molecule has 0 heterocycles. The summed E-state index contributed by atoms with van der Waals surface area (Å²) in [6.45, 7) is 3.98. The number of hydrogen-bond acceptors (Lipinski definition) is 1. The van der Waals surface area contributed by atoms with E-state index in [0.29, 0.717) is 5.91 Å². The number of hydrogen-bond donors (Lipinski definition) is 0. The van der Waals surface area contributed by atoms with E-state index in [-0.39, 0.29) is 0 Å². The first-order valence-electron chi connectivity index (χ1n) is 7.61. The number of carbonyl (C=O) groups excluding carboxylic acids is 1. The molecule has 0 bridgehead atoms. The smallest absolute Gasteiger partial charge is 0.222 e. The van der Waals surface area contributed by atoms with Gasteiger partial charge in [-0.3, -0.25) is 4.79 Å². The van der Waals surface area contributed by atoms with Crippen molar-refractivity contribution in [2.75, 3.05) is 18.4 Å². The average Bonchev–Trinajstić information content (AvgIpc) is 2.42. The van der Waals surface area contributed by atoms with Crippen LogP contribution in [0.1, 0.15) is 64.7 Å². The van der Waals surface area contributed by atoms with Crippen molar-refractivity contribution in [3.05, 3.63) is 0 Å². The number of alkyl halides is 1. The quantitative estimate of drug-likeness (QED) is 0.609. The third-order valence-electron chi connectivity index (χ3n) is 3.98. The Bertz CT molecular complexity index is 227. The van der Waals surface area contributed by atoms with Gasteiger partial charge in [0.2, 0.25) is 5.91 Å². The zero-order valence-electron chi connectivity index (χ0n) is 11.8. The fourth-order valence-corrected chi connectivity index (χ4v) is 3.20. The van der Waals surface area contributed by atoms with Crippen LogP contribution in [0.4, 0.5) is 0 Å². The van der Waals surface area contributed by atoms with Gasteiger partial charge in [0.05, 0.1) is 0 Å². The number of carbonyl (C=O) groups is 1. The van der Waals surface area contributed by atoms with E-state index in [0.717, 1.165) is 50.0 Å². The highest BCUT2D eigenvalue weighted by atomic mass is 79.9. The highest BCUT2D eigenvalue weighted by Gasteiger charge is 2.17. The lowest BCUT2D eigenvalue weighted by Gasteiger charge is -2.25. The van der Waals surface area contributed by atoms with E-state index in [1.807, 2.05) is 4.90 Å². The minimum atomic E-state index is 0.369. The van der Waals surface area contributed by atoms with Crippen LogP contribution in [0, 0.1) is 5.92 Å². The monoisotopic (exact) mass is 317 g/mol. The Morgan fingerprint density at radius 2 is 1.94 bits per heavy atom. The van der Waals surface area contributed by atoms with Crippen LogP contribution in [-0.4, -0.2) is 29.2 Å². The van der Waals surface area contributed by atoms with Gasteiger partial charge >= 0.3 is 0 Å². The first kappa shape index (κ1) is 16.0. The van der Waals surface area contributed by atoms with E-state index >= 15 is 0 Å². The molecule has 1 amide bonds. The largest absolute Gasteiger partial charge is 0.342 e. The molecular formula is C15H28BrNO. The van der Waals surface area contributed by atoms with Crippen molar-refractivity contribution in [2.24, 2.45) is 5.92 Å². The van der Waals surface area contributed by atoms with Gasteiger partial charge in [0.1, 0.15) is 0 Å². The molecule has 106 valence electrons. The molecule has 1 aliphatic carbocycles. The predicted molar refractivity (Wildman–Crippen MR) is 81.1 cm³/mol. The van der Waals surface area contributed by atoms with Crippen molar-refractivity contribution in [2.45, 2.75) is 64.7 Å². The van der Waals surface area contributed by atoms with Crippen molar-refractivity contribution in [1.29, 1.82) is 0 Å². The summed E-state index contributed by atoms with van der Waals surface area (Å²) in [6.07, 6.45) is 11.0. The Balaban J connectivity index is 2.26. The average molecular weight is 318 g/mol. The van der Waals surface area contributed by atoms with Gasteiger partial charge in [-0.2, -0.15) is 0 Å². The molecule has 2 nitrogen and oxygen atoms in total. The molecule has 0 aromatic rings. The maximum Gasteiger partial charge on any atom is 0.222 e. The lowest BCUT2D eigenvalue weighted by Crippen LogP contribution is -2.33. The summed E-state index contributed by atoms with van der Waals surface area (Å²) < 4.78 is 0. The molecule has 18 heavy (non-hydrogen) atoms. The molecule has 0 aliphatic heterocycles. The minimum Gasteiger partial charge on any atom is -0.342 e. The van der Waals surface area contributed by atoms with E-state index in [9.17, 15) is 4.79 Å². The summed E-state index contributed by atoms with van der Waals surface area (Å²) >= 11 is 3.44. The lowest BCUT2D eigenvalue weighted by atomic mass is 9.86. The van der Waals surface area contributed by atoms with Crippen LogP contribution < -0.4 is 0 Å². The van der Waals surface area contributed by atoms with Crippen LogP contribution in [0.15, 0.2) is 0 Å². The second-order valence-electron chi connectivity index (χ2n) is 5.47. The van der Waals surface area contributed by atoms with Gasteiger partial charge in [-0.05, 0) is 18.8 Å². The number of amides is 1. The van der Waals surface area contributed by atoms with Crippen LogP contribution in [0.25, 0.3) is 0 Å². The molecule has 3 heteroatoms. The topological polar surface area (TPSA) is 20.3 Å². The van der Waals surface area contributed by atoms with Crippen molar-refractivity contribution in [3.8, 4) is 0 Å². The summed E-state index contributed by atoms with van der Waals surface area (Å²) in [7, 11) is 0. The van der Waals surface area contributed by atoms with Crippen LogP contribution >= 0.6 is 15.9 Å². The Labute approximate surface area is 121 Å². The van der Waals surface area contributed by atoms with Gasteiger partial charge in [-0.1, -0.05) is 61.4 Å². The third kappa shape index (κ3) is 6.21. The van der Waals surface area contributed by atoms with E-state index in [4.69, 9.17) is 0 Å². The molecule has 0 spiro atoms. The predicted octanol–water partition coefficient (Wildman–Crippen LogP) is 4.37. The van der Waals surface area contributed by atoms with Crippen LogP contribution in [0.5, 0.6) is 0 Å². The van der Waals surface area contributed by atoms with Gasteiger partial charge in [-0.15, -0.1) is 0 Å². The van der Waals surface area contributed by atoms with Crippen molar-refractivity contribution in [3.63, 3.8) is 0 Å². The molecule has 1 fully saturated rings. The fourth-order valence-electron chi connectivity index (χ4n) is 2.77. The molecule has 0 atom stereocenters. The molecular weight excluding hydrogens is 290 g/mol. The Kier molecular flexibility index (Phi) is 8.74. The molecule has 0 aromatic heterocycles. The van der Waals surface area contributed by atoms with Gasteiger partial charge in [0.25, 0.3) is 0 Å². The Hall–Kier alpha value is -0.0500. The maximum atomic E-state index is 12.2. The first-order chi connectivity index (χ1) is 8.77. The minimum absolute atomic E-state index is 0.369. The van der Waals surface area contributed by atoms with Gasteiger partial charge in [0, 0.05) is 24.8 Å². The van der Waals surface area contributed by atoms with E-state index < -0.39 is 0 Å². The standard InChI is InChI=1S/C15H28BrNO/c1-2-3-12-17(13-11-16)15(18)10-9-14-7-5-4-6-8-14/h14H,2-13H2,1H3. The van der Waals surface area contributed by atoms with E-state index in [1.165, 1.54) is 32.1 Å². The molecule has 0 radical (unpaired) electrons. The molecule has 0 aromatic carbocycles.